The lowest BCUT2D eigenvalue weighted by Gasteiger charge is -2.27. The molecule has 9 nitrogen and oxygen atoms in total. The molecule has 0 spiro atoms. The van der Waals surface area contributed by atoms with Crippen LogP contribution in [0.1, 0.15) is 10.4 Å². The Balaban J connectivity index is 1.48. The maximum atomic E-state index is 12.9. The number of carbonyl (C=O) groups is 1. The van der Waals surface area contributed by atoms with E-state index in [1.807, 2.05) is 18.2 Å². The van der Waals surface area contributed by atoms with Gasteiger partial charge >= 0.3 is 0 Å². The van der Waals surface area contributed by atoms with Crippen LogP contribution in [0.4, 0.5) is 0 Å². The number of fused-ring (bicyclic) bond motifs is 1. The van der Waals surface area contributed by atoms with E-state index in [0.29, 0.717) is 31.3 Å². The number of nitrogens with one attached hydrogen (secondary N) is 1. The van der Waals surface area contributed by atoms with E-state index in [4.69, 9.17) is 18.9 Å². The largest absolute Gasteiger partial charge is 0.496 e. The zero-order valence-corrected chi connectivity index (χ0v) is 17.9. The monoisotopic (exact) mass is 448 g/mol. The van der Waals surface area contributed by atoms with Crippen molar-refractivity contribution in [1.82, 2.24) is 9.62 Å². The van der Waals surface area contributed by atoms with Crippen LogP contribution in [0, 0.1) is 0 Å². The van der Waals surface area contributed by atoms with Gasteiger partial charge in [0.05, 0.1) is 37.3 Å². The van der Waals surface area contributed by atoms with Gasteiger partial charge in [-0.25, -0.2) is 8.42 Å². The van der Waals surface area contributed by atoms with Gasteiger partial charge in [-0.05, 0) is 30.3 Å². The molecule has 2 aromatic rings. The van der Waals surface area contributed by atoms with Crippen LogP contribution in [0.5, 0.6) is 17.2 Å². The Morgan fingerprint density at radius 2 is 1.90 bits per heavy atom. The van der Waals surface area contributed by atoms with Crippen molar-refractivity contribution in [3.05, 3.63) is 48.0 Å². The van der Waals surface area contributed by atoms with Crippen molar-refractivity contribution in [2.24, 2.45) is 0 Å². The van der Waals surface area contributed by atoms with E-state index >= 15 is 0 Å². The van der Waals surface area contributed by atoms with Gasteiger partial charge in [-0.2, -0.15) is 4.31 Å². The summed E-state index contributed by atoms with van der Waals surface area (Å²) in [6, 6.07) is 11.6. The minimum atomic E-state index is -3.74. The van der Waals surface area contributed by atoms with Gasteiger partial charge in [-0.3, -0.25) is 4.79 Å². The van der Waals surface area contributed by atoms with Crippen LogP contribution in [-0.4, -0.2) is 71.3 Å². The number of hydrogen-bond donors (Lipinski definition) is 1. The summed E-state index contributed by atoms with van der Waals surface area (Å²) in [6.45, 7) is 1.72. The maximum Gasteiger partial charge on any atom is 0.255 e. The van der Waals surface area contributed by atoms with Crippen LogP contribution < -0.4 is 19.5 Å². The topological polar surface area (TPSA) is 103 Å². The second kappa shape index (κ2) is 9.13. The van der Waals surface area contributed by atoms with Crippen LogP contribution in [0.3, 0.4) is 0 Å². The van der Waals surface area contributed by atoms with Gasteiger partial charge in [-0.1, -0.05) is 12.1 Å². The standard InChI is InChI=1S/C21H24N2O7S/c1-27-18-7-6-16(31(25,26)23-8-10-28-11-9-23)12-17(18)21(24)22-13-15-14-29-19-4-2-3-5-20(19)30-15/h2-7,12,15H,8-11,13-14H2,1H3,(H,22,24)/t15-/m0/s1. The number of nitrogens with zero attached hydrogens (tertiary/aromatic N) is 1. The highest BCUT2D eigenvalue weighted by atomic mass is 32.2. The third kappa shape index (κ3) is 4.60. The Labute approximate surface area is 180 Å². The van der Waals surface area contributed by atoms with Crippen LogP contribution in [0.25, 0.3) is 0 Å². The first-order chi connectivity index (χ1) is 15.0. The highest BCUT2D eigenvalue weighted by molar-refractivity contribution is 7.89. The van der Waals surface area contributed by atoms with Crippen molar-refractivity contribution in [1.29, 1.82) is 0 Å². The summed E-state index contributed by atoms with van der Waals surface area (Å²) >= 11 is 0. The normalized spacial score (nSPS) is 18.9. The van der Waals surface area contributed by atoms with Crippen molar-refractivity contribution < 1.29 is 32.2 Å². The molecule has 4 rings (SSSR count). The zero-order chi connectivity index (χ0) is 21.8. The molecule has 1 fully saturated rings. The fourth-order valence-corrected chi connectivity index (χ4v) is 4.86. The van der Waals surface area contributed by atoms with Gasteiger partial charge in [0.1, 0.15) is 18.5 Å². The van der Waals surface area contributed by atoms with Gasteiger partial charge in [0, 0.05) is 13.1 Å². The molecule has 1 amide bonds. The molecule has 1 atom stereocenters. The Hall–Kier alpha value is -2.82. The molecule has 31 heavy (non-hydrogen) atoms. The molecule has 0 aromatic heterocycles. The molecule has 0 aliphatic carbocycles. The Kier molecular flexibility index (Phi) is 6.30. The first-order valence-electron chi connectivity index (χ1n) is 9.91. The van der Waals surface area contributed by atoms with E-state index in [2.05, 4.69) is 5.32 Å². The van der Waals surface area contributed by atoms with Crippen molar-refractivity contribution in [2.45, 2.75) is 11.0 Å². The number of morpholine rings is 1. The SMILES string of the molecule is COc1ccc(S(=O)(=O)N2CCOCC2)cc1C(=O)NC[C@H]1COc2ccccc2O1. The average molecular weight is 448 g/mol. The number of amides is 1. The highest BCUT2D eigenvalue weighted by Gasteiger charge is 2.28. The first kappa shape index (κ1) is 21.4. The molecule has 0 bridgehead atoms. The fourth-order valence-electron chi connectivity index (χ4n) is 3.43. The molecule has 1 N–H and O–H groups in total. The lowest BCUT2D eigenvalue weighted by atomic mass is 10.2. The number of rotatable bonds is 6. The average Bonchev–Trinajstić information content (AvgIpc) is 2.82. The molecule has 10 heteroatoms. The van der Waals surface area contributed by atoms with E-state index in [1.54, 1.807) is 6.07 Å². The number of ether oxygens (including phenoxy) is 4. The van der Waals surface area contributed by atoms with Crippen molar-refractivity contribution in [3.8, 4) is 17.2 Å². The first-order valence-corrected chi connectivity index (χ1v) is 11.4. The third-order valence-electron chi connectivity index (χ3n) is 5.08. The van der Waals surface area contributed by atoms with Gasteiger partial charge in [0.2, 0.25) is 10.0 Å². The number of sulfonamides is 1. The number of hydrogen-bond acceptors (Lipinski definition) is 7. The van der Waals surface area contributed by atoms with E-state index in [-0.39, 0.29) is 41.9 Å². The van der Waals surface area contributed by atoms with Gasteiger partial charge < -0.3 is 24.3 Å². The minimum absolute atomic E-state index is 0.0338. The molecular formula is C21H24N2O7S. The summed E-state index contributed by atoms with van der Waals surface area (Å²) in [4.78, 5) is 12.9. The van der Waals surface area contributed by atoms with Crippen LogP contribution in [-0.2, 0) is 14.8 Å². The molecule has 0 radical (unpaired) electrons. The molecule has 2 aliphatic rings. The minimum Gasteiger partial charge on any atom is -0.496 e. The van der Waals surface area contributed by atoms with Crippen LogP contribution >= 0.6 is 0 Å². The van der Waals surface area contributed by atoms with Gasteiger partial charge in [-0.15, -0.1) is 0 Å². The second-order valence-electron chi connectivity index (χ2n) is 7.09. The Bertz CT molecular complexity index is 1050. The summed E-state index contributed by atoms with van der Waals surface area (Å²) in [7, 11) is -2.31. The van der Waals surface area contributed by atoms with Crippen LogP contribution in [0.2, 0.25) is 0 Å². The van der Waals surface area contributed by atoms with E-state index in [1.165, 1.54) is 29.6 Å². The summed E-state index contributed by atoms with van der Waals surface area (Å²) < 4.78 is 49.2. The van der Waals surface area contributed by atoms with Crippen molar-refractivity contribution >= 4 is 15.9 Å². The third-order valence-corrected chi connectivity index (χ3v) is 6.98. The molecule has 2 heterocycles. The maximum absolute atomic E-state index is 12.9. The molecule has 2 aliphatic heterocycles. The molecule has 0 unspecified atom stereocenters. The number of para-hydroxylation sites is 2. The predicted molar refractivity (Wildman–Crippen MR) is 111 cm³/mol. The molecule has 1 saturated heterocycles. The zero-order valence-electron chi connectivity index (χ0n) is 17.1. The van der Waals surface area contributed by atoms with Gasteiger partial charge in [0.25, 0.3) is 5.91 Å². The van der Waals surface area contributed by atoms with Crippen molar-refractivity contribution in [2.75, 3.05) is 46.6 Å². The smallest absolute Gasteiger partial charge is 0.255 e. The van der Waals surface area contributed by atoms with Gasteiger partial charge in [0.15, 0.2) is 11.5 Å². The number of carbonyl (C=O) groups excluding carboxylic acids is 1. The number of methoxy groups -OCH3 is 1. The quantitative estimate of drug-likeness (QED) is 0.710. The molecule has 166 valence electrons. The summed E-state index contributed by atoms with van der Waals surface area (Å²) in [5, 5.41) is 2.78. The van der Waals surface area contributed by atoms with Crippen LogP contribution in [0.15, 0.2) is 47.4 Å². The summed E-state index contributed by atoms with van der Waals surface area (Å²) in [5.41, 5.74) is 0.133. The van der Waals surface area contributed by atoms with E-state index in [0.717, 1.165) is 0 Å². The predicted octanol–water partition coefficient (Wildman–Crippen LogP) is 1.29. The number of benzene rings is 2. The lowest BCUT2D eigenvalue weighted by Crippen LogP contribution is -2.41. The summed E-state index contributed by atoms with van der Waals surface area (Å²) in [6.07, 6.45) is -0.370. The Morgan fingerprint density at radius 1 is 1.16 bits per heavy atom. The summed E-state index contributed by atoms with van der Waals surface area (Å²) in [5.74, 6) is 1.10. The van der Waals surface area contributed by atoms with Crippen molar-refractivity contribution in [3.63, 3.8) is 0 Å². The molecule has 0 saturated carbocycles. The van der Waals surface area contributed by atoms with E-state index in [9.17, 15) is 13.2 Å². The lowest BCUT2D eigenvalue weighted by molar-refractivity contribution is 0.0730. The molecular weight excluding hydrogens is 424 g/mol. The second-order valence-corrected chi connectivity index (χ2v) is 9.02. The Morgan fingerprint density at radius 3 is 2.65 bits per heavy atom. The van der Waals surface area contributed by atoms with E-state index < -0.39 is 15.9 Å². The highest BCUT2D eigenvalue weighted by Crippen LogP contribution is 2.31. The molecule has 2 aromatic carbocycles. The fraction of sp³-hybridized carbons (Fsp3) is 0.381.